The van der Waals surface area contributed by atoms with Crippen LogP contribution in [0.5, 0.6) is 5.88 Å². The molecule has 3 saturated heterocycles. The van der Waals surface area contributed by atoms with Gasteiger partial charge in [0.15, 0.2) is 0 Å². The first kappa shape index (κ1) is 28.2. The number of carbonyl (C=O) groups is 1. The maximum absolute atomic E-state index is 12.5. The van der Waals surface area contributed by atoms with Crippen molar-refractivity contribution in [2.45, 2.75) is 69.5 Å². The number of amides is 1. The van der Waals surface area contributed by atoms with E-state index in [1.165, 1.54) is 35.6 Å². The molecule has 222 valence electrons. The van der Waals surface area contributed by atoms with Crippen LogP contribution < -0.4 is 9.64 Å². The molecule has 1 unspecified atom stereocenters. The van der Waals surface area contributed by atoms with Crippen LogP contribution in [0, 0.1) is 11.3 Å². The second-order valence-corrected chi connectivity index (χ2v) is 12.9. The molecule has 43 heavy (non-hydrogen) atoms. The van der Waals surface area contributed by atoms with Crippen LogP contribution in [0.15, 0.2) is 43.0 Å². The van der Waals surface area contributed by atoms with Gasteiger partial charge in [0.25, 0.3) is 0 Å². The molecule has 4 aliphatic rings. The lowest BCUT2D eigenvalue weighted by atomic mass is 9.85. The number of nitriles is 1. The number of hydrogen-bond acceptors (Lipinski definition) is 6. The van der Waals surface area contributed by atoms with E-state index in [1.54, 1.807) is 0 Å². The van der Waals surface area contributed by atoms with Gasteiger partial charge in [-0.05, 0) is 93.4 Å². The molecule has 3 fully saturated rings. The molecule has 2 aromatic carbocycles. The number of aromatic nitrogens is 1. The van der Waals surface area contributed by atoms with Crippen molar-refractivity contribution >= 4 is 34.1 Å². The van der Waals surface area contributed by atoms with Crippen LogP contribution in [0.2, 0.25) is 5.02 Å². The van der Waals surface area contributed by atoms with E-state index >= 15 is 0 Å². The van der Waals surface area contributed by atoms with E-state index in [4.69, 9.17) is 21.3 Å². The standard InChI is InChI=1S/C35H38ClN5O2/c1-3-33(42)40-17-14-31-32(40)20-41(31)34-26(13-15-37)35(43-21-23-10-7-16-39(23)2)38-30-19-27(29(36)18-28(30)34)25-12-6-9-22-8-4-5-11-24(22)25/h3,6,9,12,18-19,23,31-32H,1,4-5,7-8,10-11,13-14,16-17,20-21H2,2H3/t23?,31-,32-/m1/s1. The molecule has 3 atom stereocenters. The molecule has 0 bridgehead atoms. The Kier molecular flexibility index (Phi) is 7.53. The second-order valence-electron chi connectivity index (χ2n) is 12.5. The maximum Gasteiger partial charge on any atom is 0.246 e. The van der Waals surface area contributed by atoms with Gasteiger partial charge in [0, 0.05) is 35.1 Å². The van der Waals surface area contributed by atoms with Gasteiger partial charge < -0.3 is 19.4 Å². The van der Waals surface area contributed by atoms with Crippen LogP contribution in [0.3, 0.4) is 0 Å². The summed E-state index contributed by atoms with van der Waals surface area (Å²) in [5.41, 5.74) is 7.57. The first-order chi connectivity index (χ1) is 21.0. The van der Waals surface area contributed by atoms with Crippen LogP contribution >= 0.6 is 11.6 Å². The number of pyridine rings is 1. The monoisotopic (exact) mass is 595 g/mol. The van der Waals surface area contributed by atoms with Gasteiger partial charge in [-0.3, -0.25) is 4.79 Å². The van der Waals surface area contributed by atoms with Gasteiger partial charge in [0.2, 0.25) is 11.8 Å². The zero-order chi connectivity index (χ0) is 29.7. The third-order valence-electron chi connectivity index (χ3n) is 10.2. The molecule has 7 rings (SSSR count). The highest BCUT2D eigenvalue weighted by Crippen LogP contribution is 2.46. The molecule has 3 aromatic rings. The van der Waals surface area contributed by atoms with Gasteiger partial charge in [-0.1, -0.05) is 36.4 Å². The average Bonchev–Trinajstić information content (AvgIpc) is 3.58. The molecule has 1 aliphatic carbocycles. The molecule has 7 nitrogen and oxygen atoms in total. The van der Waals surface area contributed by atoms with E-state index in [1.807, 2.05) is 11.0 Å². The minimum Gasteiger partial charge on any atom is -0.476 e. The number of ether oxygens (including phenoxy) is 1. The highest BCUT2D eigenvalue weighted by atomic mass is 35.5. The molecular weight excluding hydrogens is 558 g/mol. The third kappa shape index (κ3) is 4.85. The van der Waals surface area contributed by atoms with Crippen LogP contribution in [-0.2, 0) is 24.1 Å². The van der Waals surface area contributed by atoms with E-state index in [0.29, 0.717) is 36.6 Å². The summed E-state index contributed by atoms with van der Waals surface area (Å²) in [6.07, 6.45) is 9.27. The van der Waals surface area contributed by atoms with E-state index in [0.717, 1.165) is 66.4 Å². The van der Waals surface area contributed by atoms with Gasteiger partial charge in [0.05, 0.1) is 41.3 Å². The Balaban J connectivity index is 1.36. The SMILES string of the molecule is C=CC(=O)N1CC[C@@H]2[C@H]1CN2c1c(CC#N)c(OCC2CCCN2C)nc2cc(-c3cccc4c3CCCC4)c(Cl)cc12. The Hall–Kier alpha value is -3.60. The molecule has 8 heteroatoms. The fraction of sp³-hybridized carbons (Fsp3) is 0.457. The van der Waals surface area contributed by atoms with Crippen LogP contribution in [0.25, 0.3) is 22.0 Å². The number of anilines is 1. The summed E-state index contributed by atoms with van der Waals surface area (Å²) >= 11 is 7.13. The van der Waals surface area contributed by atoms with Crippen molar-refractivity contribution in [3.05, 3.63) is 64.7 Å². The van der Waals surface area contributed by atoms with E-state index in [2.05, 4.69) is 53.8 Å². The number of hydrogen-bond donors (Lipinski definition) is 0. The zero-order valence-corrected chi connectivity index (χ0v) is 25.6. The number of benzene rings is 2. The number of rotatable bonds is 7. The maximum atomic E-state index is 12.5. The molecule has 0 N–H and O–H groups in total. The largest absolute Gasteiger partial charge is 0.476 e. The highest BCUT2D eigenvalue weighted by molar-refractivity contribution is 6.34. The van der Waals surface area contributed by atoms with Gasteiger partial charge in [0.1, 0.15) is 6.61 Å². The smallest absolute Gasteiger partial charge is 0.246 e. The van der Waals surface area contributed by atoms with Crippen molar-refractivity contribution in [1.29, 1.82) is 5.26 Å². The topological polar surface area (TPSA) is 72.7 Å². The minimum atomic E-state index is -0.0208. The summed E-state index contributed by atoms with van der Waals surface area (Å²) in [6.45, 7) is 6.70. The van der Waals surface area contributed by atoms with Gasteiger partial charge in [-0.2, -0.15) is 5.26 Å². The fourth-order valence-corrected chi connectivity index (χ4v) is 8.11. The molecule has 0 spiro atoms. The van der Waals surface area contributed by atoms with Gasteiger partial charge in [-0.15, -0.1) is 0 Å². The zero-order valence-electron chi connectivity index (χ0n) is 24.8. The van der Waals surface area contributed by atoms with Crippen LogP contribution in [0.4, 0.5) is 5.69 Å². The van der Waals surface area contributed by atoms with Crippen molar-refractivity contribution in [3.8, 4) is 23.1 Å². The Morgan fingerprint density at radius 1 is 1.16 bits per heavy atom. The number of halogens is 1. The second kappa shape index (κ2) is 11.5. The number of nitrogens with zero attached hydrogens (tertiary/aromatic N) is 5. The van der Waals surface area contributed by atoms with Gasteiger partial charge >= 0.3 is 0 Å². The Morgan fingerprint density at radius 3 is 2.81 bits per heavy atom. The van der Waals surface area contributed by atoms with Crippen molar-refractivity contribution < 1.29 is 9.53 Å². The number of aryl methyl sites for hydroxylation is 1. The summed E-state index contributed by atoms with van der Waals surface area (Å²) in [4.78, 5) is 24.3. The predicted molar refractivity (Wildman–Crippen MR) is 171 cm³/mol. The number of likely N-dealkylation sites (N-methyl/N-ethyl adjacent to an activating group) is 1. The summed E-state index contributed by atoms with van der Waals surface area (Å²) in [5, 5.41) is 11.6. The quantitative estimate of drug-likeness (QED) is 0.314. The Morgan fingerprint density at radius 2 is 2.02 bits per heavy atom. The van der Waals surface area contributed by atoms with E-state index in [9.17, 15) is 10.1 Å². The molecule has 1 amide bonds. The normalized spacial score (nSPS) is 23.0. The van der Waals surface area contributed by atoms with Crippen molar-refractivity contribution in [3.63, 3.8) is 0 Å². The Labute approximate surface area is 258 Å². The highest BCUT2D eigenvalue weighted by Gasteiger charge is 2.49. The number of likely N-dealkylation sites (tertiary alicyclic amines) is 2. The molecule has 0 radical (unpaired) electrons. The van der Waals surface area contributed by atoms with Crippen LogP contribution in [-0.4, -0.2) is 72.1 Å². The molecule has 0 saturated carbocycles. The first-order valence-corrected chi connectivity index (χ1v) is 16.0. The van der Waals surface area contributed by atoms with E-state index < -0.39 is 0 Å². The lowest BCUT2D eigenvalue weighted by molar-refractivity contribution is -0.127. The summed E-state index contributed by atoms with van der Waals surface area (Å²) in [5.74, 6) is 0.515. The average molecular weight is 596 g/mol. The van der Waals surface area contributed by atoms with Crippen molar-refractivity contribution in [2.24, 2.45) is 0 Å². The lowest BCUT2D eigenvalue weighted by Gasteiger charge is -2.49. The molecule has 1 aromatic heterocycles. The third-order valence-corrected chi connectivity index (χ3v) is 10.5. The predicted octanol–water partition coefficient (Wildman–Crippen LogP) is 5.95. The lowest BCUT2D eigenvalue weighted by Crippen LogP contribution is -2.63. The minimum absolute atomic E-state index is 0.0208. The number of fused-ring (bicyclic) bond motifs is 3. The van der Waals surface area contributed by atoms with Gasteiger partial charge in [-0.25, -0.2) is 4.98 Å². The molecule has 3 aliphatic heterocycles. The summed E-state index contributed by atoms with van der Waals surface area (Å²) < 4.78 is 6.52. The van der Waals surface area contributed by atoms with Crippen molar-refractivity contribution in [2.75, 3.05) is 38.2 Å². The number of carbonyl (C=O) groups excluding carboxylic acids is 1. The first-order valence-electron chi connectivity index (χ1n) is 15.7. The summed E-state index contributed by atoms with van der Waals surface area (Å²) in [7, 11) is 2.14. The molecule has 4 heterocycles. The summed E-state index contributed by atoms with van der Waals surface area (Å²) in [6, 6.07) is 13.7. The Bertz CT molecular complexity index is 1650. The fourth-order valence-electron chi connectivity index (χ4n) is 7.84. The van der Waals surface area contributed by atoms with E-state index in [-0.39, 0.29) is 24.4 Å². The molecular formula is C35H38ClN5O2. The van der Waals surface area contributed by atoms with Crippen molar-refractivity contribution in [1.82, 2.24) is 14.8 Å². The van der Waals surface area contributed by atoms with Crippen LogP contribution in [0.1, 0.15) is 48.8 Å².